The van der Waals surface area contributed by atoms with Gasteiger partial charge in [-0.05, 0) is 68.8 Å². The summed E-state index contributed by atoms with van der Waals surface area (Å²) in [6.07, 6.45) is 6.77. The van der Waals surface area contributed by atoms with Crippen LogP contribution < -0.4 is 10.9 Å². The largest absolute Gasteiger partial charge is 0.368 e. The second-order valence-electron chi connectivity index (χ2n) is 8.94. The number of nitrogens with one attached hydrogen (secondary N) is 1. The van der Waals surface area contributed by atoms with Crippen molar-refractivity contribution in [1.82, 2.24) is 19.7 Å². The standard InChI is InChI=1S/C25H31N5O/c1-18-15-24(27-23-10-3-2-9-21(18)23)26-17-20-8-4-5-12-29(20)13-14-30-25(31)16-19-7-6-11-22(19)28-30/h2-3,9-10,15-16,20H,4-8,11-14,17H2,1H3,(H,26,27). The maximum atomic E-state index is 12.4. The summed E-state index contributed by atoms with van der Waals surface area (Å²) in [5, 5.41) is 9.44. The van der Waals surface area contributed by atoms with Gasteiger partial charge >= 0.3 is 0 Å². The summed E-state index contributed by atoms with van der Waals surface area (Å²) in [5.74, 6) is 0.943. The number of aromatic nitrogens is 3. The number of rotatable bonds is 6. The fourth-order valence-electron chi connectivity index (χ4n) is 5.07. The van der Waals surface area contributed by atoms with Crippen LogP contribution in [0.25, 0.3) is 10.9 Å². The lowest BCUT2D eigenvalue weighted by Crippen LogP contribution is -2.45. The smallest absolute Gasteiger partial charge is 0.267 e. The maximum Gasteiger partial charge on any atom is 0.267 e. The number of fused-ring (bicyclic) bond motifs is 2. The number of aryl methyl sites for hydroxylation is 3. The fraction of sp³-hybridized carbons (Fsp3) is 0.480. The number of pyridine rings is 1. The molecular weight excluding hydrogens is 386 g/mol. The van der Waals surface area contributed by atoms with Gasteiger partial charge < -0.3 is 5.32 Å². The number of hydrogen-bond acceptors (Lipinski definition) is 5. The number of benzene rings is 1. The first-order valence-electron chi connectivity index (χ1n) is 11.6. The summed E-state index contributed by atoms with van der Waals surface area (Å²) >= 11 is 0. The van der Waals surface area contributed by atoms with Gasteiger partial charge in [0, 0.05) is 30.6 Å². The number of para-hydroxylation sites is 1. The first kappa shape index (κ1) is 20.2. The fourth-order valence-corrected chi connectivity index (χ4v) is 5.07. The van der Waals surface area contributed by atoms with Crippen LogP contribution in [0.2, 0.25) is 0 Å². The summed E-state index contributed by atoms with van der Waals surface area (Å²) in [4.78, 5) is 19.8. The molecule has 1 N–H and O–H groups in total. The molecule has 0 radical (unpaired) electrons. The van der Waals surface area contributed by atoms with Crippen LogP contribution in [0.3, 0.4) is 0 Å². The quantitative estimate of drug-likeness (QED) is 0.665. The van der Waals surface area contributed by atoms with E-state index in [9.17, 15) is 4.79 Å². The van der Waals surface area contributed by atoms with E-state index in [0.717, 1.165) is 61.5 Å². The predicted octanol–water partition coefficient (Wildman–Crippen LogP) is 3.56. The molecule has 0 spiro atoms. The van der Waals surface area contributed by atoms with Crippen molar-refractivity contribution in [3.63, 3.8) is 0 Å². The van der Waals surface area contributed by atoms with Gasteiger partial charge in [-0.15, -0.1) is 0 Å². The van der Waals surface area contributed by atoms with Crippen molar-refractivity contribution < 1.29 is 0 Å². The zero-order chi connectivity index (χ0) is 21.2. The number of anilines is 1. The highest BCUT2D eigenvalue weighted by Gasteiger charge is 2.23. The molecule has 1 unspecified atom stereocenters. The molecule has 1 aromatic carbocycles. The molecule has 6 nitrogen and oxygen atoms in total. The Bertz CT molecular complexity index is 1140. The van der Waals surface area contributed by atoms with Gasteiger partial charge in [0.2, 0.25) is 0 Å². The van der Waals surface area contributed by atoms with Crippen LogP contribution in [0.4, 0.5) is 5.82 Å². The topological polar surface area (TPSA) is 63.1 Å². The Morgan fingerprint density at radius 1 is 1.10 bits per heavy atom. The second kappa shape index (κ2) is 8.79. The normalized spacial score (nSPS) is 18.9. The predicted molar refractivity (Wildman–Crippen MR) is 125 cm³/mol. The third-order valence-electron chi connectivity index (χ3n) is 6.81. The average Bonchev–Trinajstić information content (AvgIpc) is 3.24. The molecule has 31 heavy (non-hydrogen) atoms. The van der Waals surface area contributed by atoms with Crippen molar-refractivity contribution in [2.75, 3.05) is 25.0 Å². The summed E-state index contributed by atoms with van der Waals surface area (Å²) in [6.45, 7) is 5.62. The van der Waals surface area contributed by atoms with Crippen molar-refractivity contribution in [1.29, 1.82) is 0 Å². The summed E-state index contributed by atoms with van der Waals surface area (Å²) in [6, 6.07) is 12.7. The maximum absolute atomic E-state index is 12.4. The zero-order valence-electron chi connectivity index (χ0n) is 18.3. The Kier molecular flexibility index (Phi) is 5.72. The van der Waals surface area contributed by atoms with E-state index in [-0.39, 0.29) is 5.56 Å². The lowest BCUT2D eigenvalue weighted by atomic mass is 10.0. The van der Waals surface area contributed by atoms with Gasteiger partial charge in [-0.2, -0.15) is 5.10 Å². The highest BCUT2D eigenvalue weighted by Crippen LogP contribution is 2.22. The minimum atomic E-state index is 0.0446. The molecule has 0 saturated carbocycles. The summed E-state index contributed by atoms with van der Waals surface area (Å²) < 4.78 is 1.68. The molecule has 1 aliphatic carbocycles. The van der Waals surface area contributed by atoms with Crippen LogP contribution in [0.1, 0.15) is 42.5 Å². The number of hydrogen-bond donors (Lipinski definition) is 1. The first-order chi connectivity index (χ1) is 15.2. The van der Waals surface area contributed by atoms with Crippen molar-refractivity contribution in [3.8, 4) is 0 Å². The van der Waals surface area contributed by atoms with Crippen LogP contribution in [0, 0.1) is 6.92 Å². The Hall–Kier alpha value is -2.73. The number of piperidine rings is 1. The third-order valence-corrected chi connectivity index (χ3v) is 6.81. The molecule has 5 rings (SSSR count). The molecule has 162 valence electrons. The lowest BCUT2D eigenvalue weighted by molar-refractivity contribution is 0.148. The average molecular weight is 418 g/mol. The van der Waals surface area contributed by atoms with E-state index in [1.165, 1.54) is 30.2 Å². The van der Waals surface area contributed by atoms with Crippen LogP contribution in [0.5, 0.6) is 0 Å². The molecule has 2 aliphatic rings. The van der Waals surface area contributed by atoms with Crippen LogP contribution >= 0.6 is 0 Å². The Morgan fingerprint density at radius 2 is 2.00 bits per heavy atom. The minimum Gasteiger partial charge on any atom is -0.368 e. The van der Waals surface area contributed by atoms with E-state index in [1.54, 1.807) is 10.7 Å². The van der Waals surface area contributed by atoms with Gasteiger partial charge in [0.25, 0.3) is 5.56 Å². The molecule has 3 aromatic rings. The van der Waals surface area contributed by atoms with Gasteiger partial charge in [-0.1, -0.05) is 24.6 Å². The molecular formula is C25H31N5O. The van der Waals surface area contributed by atoms with Gasteiger partial charge in [-0.3, -0.25) is 9.69 Å². The van der Waals surface area contributed by atoms with E-state index in [1.807, 2.05) is 6.07 Å². The summed E-state index contributed by atoms with van der Waals surface area (Å²) in [5.41, 5.74) is 4.60. The molecule has 0 amide bonds. The van der Waals surface area contributed by atoms with Gasteiger partial charge in [-0.25, -0.2) is 9.67 Å². The molecule has 1 aliphatic heterocycles. The van der Waals surface area contributed by atoms with E-state index >= 15 is 0 Å². The monoisotopic (exact) mass is 417 g/mol. The van der Waals surface area contributed by atoms with Gasteiger partial charge in [0.15, 0.2) is 0 Å². The molecule has 0 bridgehead atoms. The van der Waals surface area contributed by atoms with E-state index < -0.39 is 0 Å². The molecule has 6 heteroatoms. The molecule has 1 saturated heterocycles. The van der Waals surface area contributed by atoms with E-state index in [4.69, 9.17) is 4.98 Å². The third kappa shape index (κ3) is 4.35. The SMILES string of the molecule is Cc1cc(NCC2CCCCN2CCn2nc3c(cc2=O)CCC3)nc2ccccc12. The second-order valence-corrected chi connectivity index (χ2v) is 8.94. The molecule has 2 aromatic heterocycles. The van der Waals surface area contributed by atoms with Crippen molar-refractivity contribution >= 4 is 16.7 Å². The number of likely N-dealkylation sites (tertiary alicyclic amines) is 1. The highest BCUT2D eigenvalue weighted by atomic mass is 16.1. The lowest BCUT2D eigenvalue weighted by Gasteiger charge is -2.36. The van der Waals surface area contributed by atoms with Crippen molar-refractivity contribution in [2.45, 2.75) is 58.0 Å². The minimum absolute atomic E-state index is 0.0446. The van der Waals surface area contributed by atoms with Crippen LogP contribution in [0.15, 0.2) is 41.2 Å². The van der Waals surface area contributed by atoms with Crippen molar-refractivity contribution in [2.24, 2.45) is 0 Å². The van der Waals surface area contributed by atoms with Crippen molar-refractivity contribution in [3.05, 3.63) is 63.6 Å². The molecule has 3 heterocycles. The Morgan fingerprint density at radius 3 is 2.94 bits per heavy atom. The first-order valence-corrected chi connectivity index (χ1v) is 11.6. The molecule has 1 atom stereocenters. The van der Waals surface area contributed by atoms with Crippen LogP contribution in [-0.4, -0.2) is 45.3 Å². The van der Waals surface area contributed by atoms with Crippen LogP contribution in [-0.2, 0) is 19.4 Å². The van der Waals surface area contributed by atoms with E-state index in [0.29, 0.717) is 12.6 Å². The Balaban J connectivity index is 1.24. The summed E-state index contributed by atoms with van der Waals surface area (Å²) in [7, 11) is 0. The Labute approximate surface area is 183 Å². The highest BCUT2D eigenvalue weighted by molar-refractivity contribution is 5.83. The number of nitrogens with zero attached hydrogens (tertiary/aromatic N) is 4. The van der Waals surface area contributed by atoms with Gasteiger partial charge in [0.1, 0.15) is 5.82 Å². The molecule has 1 fully saturated rings. The van der Waals surface area contributed by atoms with E-state index in [2.05, 4.69) is 46.5 Å². The van der Waals surface area contributed by atoms with Gasteiger partial charge in [0.05, 0.1) is 17.8 Å². The zero-order valence-corrected chi connectivity index (χ0v) is 18.3.